The number of alkyl halides is 7. The summed E-state index contributed by atoms with van der Waals surface area (Å²) in [5, 5.41) is 0. The van der Waals surface area contributed by atoms with Crippen LogP contribution in [0.4, 0.5) is 30.7 Å². The molecule has 43 heavy (non-hydrogen) atoms. The number of likely N-dealkylation sites (tertiary alicyclic amines) is 1. The first-order chi connectivity index (χ1) is 20.0. The number of nitrogens with zero attached hydrogens (tertiary/aromatic N) is 1. The van der Waals surface area contributed by atoms with Crippen LogP contribution in [0.5, 0.6) is 0 Å². The molecule has 2 aliphatic heterocycles. The van der Waals surface area contributed by atoms with E-state index in [1.54, 1.807) is 12.1 Å². The third-order valence-electron chi connectivity index (χ3n) is 9.21. The summed E-state index contributed by atoms with van der Waals surface area (Å²) in [6, 6.07) is 7.01. The normalized spacial score (nSPS) is 26.6. The lowest BCUT2D eigenvalue weighted by atomic mass is 9.76. The first kappa shape index (κ1) is 32.3. The Balaban J connectivity index is 1.66. The van der Waals surface area contributed by atoms with Gasteiger partial charge in [-0.15, -0.1) is 9.45 Å². The van der Waals surface area contributed by atoms with Gasteiger partial charge in [-0.1, -0.05) is 48.4 Å². The van der Waals surface area contributed by atoms with Crippen LogP contribution < -0.4 is 0 Å². The molecule has 0 radical (unpaired) electrons. The summed E-state index contributed by atoms with van der Waals surface area (Å²) in [5.74, 6) is 0.842. The Labute approximate surface area is 252 Å². The average Bonchev–Trinajstić information content (AvgIpc) is 3.37. The lowest BCUT2D eigenvalue weighted by Crippen LogP contribution is -2.54. The minimum absolute atomic E-state index is 0.00446. The predicted octanol–water partition coefficient (Wildman–Crippen LogP) is 6.24. The van der Waals surface area contributed by atoms with Crippen LogP contribution in [0.25, 0.3) is 0 Å². The van der Waals surface area contributed by atoms with Gasteiger partial charge in [0.1, 0.15) is 4.75 Å². The number of hydrogen-bond acceptors (Lipinski definition) is 4. The second-order valence-electron chi connectivity index (χ2n) is 11.4. The van der Waals surface area contributed by atoms with Crippen molar-refractivity contribution in [3.8, 4) is 0 Å². The van der Waals surface area contributed by atoms with E-state index < -0.39 is 44.2 Å². The van der Waals surface area contributed by atoms with E-state index >= 15 is 4.39 Å². The Morgan fingerprint density at radius 2 is 1.58 bits per heavy atom. The molecule has 3 aliphatic rings. The topological polar surface area (TPSA) is 54.5 Å². The Morgan fingerprint density at radius 3 is 2.14 bits per heavy atom. The second kappa shape index (κ2) is 11.1. The molecule has 0 saturated carbocycles. The number of halogens is 7. The van der Waals surface area contributed by atoms with Gasteiger partial charge in [-0.05, 0) is 78.9 Å². The van der Waals surface area contributed by atoms with Gasteiger partial charge < -0.3 is 4.90 Å². The molecule has 2 aromatic carbocycles. The summed E-state index contributed by atoms with van der Waals surface area (Å²) in [6.45, 7) is 1.94. The minimum Gasteiger partial charge on any atom is -0.337 e. The average molecular weight is 670 g/mol. The maximum Gasteiger partial charge on any atom is 0.435 e. The number of amides is 1. The van der Waals surface area contributed by atoms with E-state index in [0.717, 1.165) is 11.6 Å². The monoisotopic (exact) mass is 669 g/mol. The Kier molecular flexibility index (Phi) is 8.33. The van der Waals surface area contributed by atoms with Crippen molar-refractivity contribution in [3.05, 3.63) is 64.7 Å². The molecule has 4 nitrogen and oxygen atoms in total. The Bertz CT molecular complexity index is 1520. The minimum atomic E-state index is -6.30. The molecule has 2 heterocycles. The first-order valence-corrected chi connectivity index (χ1v) is 17.9. The summed E-state index contributed by atoms with van der Waals surface area (Å²) >= 11 is 5.38. The lowest BCUT2D eigenvalue weighted by Gasteiger charge is -2.43. The predicted molar refractivity (Wildman–Crippen MR) is 152 cm³/mol. The zero-order valence-corrected chi connectivity index (χ0v) is 25.6. The molecule has 236 valence electrons. The molecule has 2 fully saturated rings. The molecular formula is C29H30F7NO3S3. The molecule has 2 saturated heterocycles. The van der Waals surface area contributed by atoms with Gasteiger partial charge in [-0.2, -0.15) is 26.3 Å². The van der Waals surface area contributed by atoms with Gasteiger partial charge in [0.05, 0.1) is 10.9 Å². The molecule has 0 N–H and O–H groups in total. The van der Waals surface area contributed by atoms with E-state index in [-0.39, 0.29) is 63.1 Å². The van der Waals surface area contributed by atoms with E-state index in [4.69, 9.17) is 11.2 Å². The van der Waals surface area contributed by atoms with E-state index in [9.17, 15) is 39.6 Å². The van der Waals surface area contributed by atoms with Crippen molar-refractivity contribution >= 4 is 36.4 Å². The van der Waals surface area contributed by atoms with Gasteiger partial charge in [0.25, 0.3) is 0 Å². The first-order valence-electron chi connectivity index (χ1n) is 13.9. The second-order valence-corrected chi connectivity index (χ2v) is 16.7. The fourth-order valence-corrected chi connectivity index (χ4v) is 11.1. The zero-order chi connectivity index (χ0) is 31.6. The van der Waals surface area contributed by atoms with Crippen LogP contribution >= 0.6 is 0 Å². The van der Waals surface area contributed by atoms with E-state index in [1.807, 2.05) is 6.92 Å². The lowest BCUT2D eigenvalue weighted by molar-refractivity contribution is -0.348. The highest BCUT2D eigenvalue weighted by molar-refractivity contribution is 8.28. The van der Waals surface area contributed by atoms with Crippen molar-refractivity contribution in [2.75, 3.05) is 18.1 Å². The molecule has 14 heteroatoms. The number of aryl methyl sites for hydroxylation is 2. The fourth-order valence-electron chi connectivity index (χ4n) is 6.88. The standard InChI is InChI=1S/C29H30F7NO3S3/c1-2-18-3-7-22(8-4-18)43(39,40)26-13-14-37(25(38)19-11-15-42(41)16-12-19)24(26)10-5-20-17-21(6-9-23(20)26)27(30,28(31,32)33)29(34,35)36/h3-4,6-9,17,19,24H,2,5,10-16H2,1H3. The molecular weight excluding hydrogens is 640 g/mol. The number of benzene rings is 2. The summed E-state index contributed by atoms with van der Waals surface area (Å²) < 4.78 is 124. The van der Waals surface area contributed by atoms with Crippen LogP contribution in [0.3, 0.4) is 0 Å². The molecule has 2 atom stereocenters. The third kappa shape index (κ3) is 5.03. The van der Waals surface area contributed by atoms with Crippen LogP contribution in [0.2, 0.25) is 0 Å². The maximum absolute atomic E-state index is 15.0. The van der Waals surface area contributed by atoms with Crippen molar-refractivity contribution in [3.63, 3.8) is 0 Å². The van der Waals surface area contributed by atoms with Gasteiger partial charge in [-0.25, -0.2) is 12.8 Å². The van der Waals surface area contributed by atoms with Crippen molar-refractivity contribution in [1.29, 1.82) is 0 Å². The number of sulfone groups is 1. The molecule has 2 unspecified atom stereocenters. The van der Waals surface area contributed by atoms with Gasteiger partial charge in [0.2, 0.25) is 5.91 Å². The molecule has 0 aromatic heterocycles. The van der Waals surface area contributed by atoms with Gasteiger partial charge in [0.15, 0.2) is 9.84 Å². The van der Waals surface area contributed by atoms with Crippen LogP contribution in [0, 0.1) is 5.92 Å². The van der Waals surface area contributed by atoms with E-state index in [1.165, 1.54) is 17.0 Å². The van der Waals surface area contributed by atoms with Gasteiger partial charge in [0, 0.05) is 18.0 Å². The van der Waals surface area contributed by atoms with Crippen LogP contribution in [0.15, 0.2) is 47.4 Å². The van der Waals surface area contributed by atoms with E-state index in [0.29, 0.717) is 42.9 Å². The van der Waals surface area contributed by atoms with Crippen LogP contribution in [-0.4, -0.2) is 55.7 Å². The smallest absolute Gasteiger partial charge is 0.337 e. The van der Waals surface area contributed by atoms with Crippen LogP contribution in [-0.2, 0) is 58.5 Å². The number of fused-ring (bicyclic) bond motifs is 3. The number of rotatable bonds is 5. The van der Waals surface area contributed by atoms with Crippen molar-refractivity contribution in [2.24, 2.45) is 5.92 Å². The largest absolute Gasteiger partial charge is 0.435 e. The quantitative estimate of drug-likeness (QED) is 0.354. The molecule has 5 rings (SSSR count). The number of carbonyl (C=O) groups excluding carboxylic acids is 1. The Hall–Kier alpha value is -2.06. The molecule has 0 bridgehead atoms. The highest BCUT2D eigenvalue weighted by Gasteiger charge is 2.74. The van der Waals surface area contributed by atoms with Gasteiger partial charge in [-0.3, -0.25) is 4.79 Å². The number of hydrogen-bond donors (Lipinski definition) is 0. The molecule has 2 aromatic rings. The Morgan fingerprint density at radius 1 is 0.977 bits per heavy atom. The summed E-state index contributed by atoms with van der Waals surface area (Å²) in [5.41, 5.74) is -6.54. The summed E-state index contributed by atoms with van der Waals surface area (Å²) in [6.07, 6.45) is -11.1. The zero-order valence-electron chi connectivity index (χ0n) is 23.1. The highest BCUT2D eigenvalue weighted by atomic mass is 32.8. The summed E-state index contributed by atoms with van der Waals surface area (Å²) in [4.78, 5) is 15.2. The van der Waals surface area contributed by atoms with Crippen LogP contribution in [0.1, 0.15) is 54.9 Å². The summed E-state index contributed by atoms with van der Waals surface area (Å²) in [7, 11) is -4.57. The fraction of sp³-hybridized carbons (Fsp3) is 0.552. The molecule has 1 amide bonds. The SMILES string of the molecule is CCc1ccc(S(=O)(=O)C23CCN(C(=O)C4CCS(=S)CC4)C2CCc2cc(C(F)(C(F)(F)F)C(F)(F)F)ccc23)cc1. The third-order valence-corrected chi connectivity index (χ3v) is 14.1. The molecule has 1 aliphatic carbocycles. The van der Waals surface area contributed by atoms with E-state index in [2.05, 4.69) is 0 Å². The van der Waals surface area contributed by atoms with Crippen molar-refractivity contribution < 1.29 is 43.9 Å². The maximum atomic E-state index is 15.0. The highest BCUT2D eigenvalue weighted by Crippen LogP contribution is 2.57. The molecule has 0 spiro atoms. The van der Waals surface area contributed by atoms with Gasteiger partial charge >= 0.3 is 18.0 Å². The number of carbonyl (C=O) groups is 1. The van der Waals surface area contributed by atoms with Crippen molar-refractivity contribution in [1.82, 2.24) is 4.90 Å². The van der Waals surface area contributed by atoms with Crippen molar-refractivity contribution in [2.45, 2.75) is 79.2 Å².